The molecular formula is C19H20N2O5. The van der Waals surface area contributed by atoms with Crippen LogP contribution < -0.4 is 14.9 Å². The van der Waals surface area contributed by atoms with E-state index in [-0.39, 0.29) is 6.61 Å². The number of benzene rings is 2. The third-order valence-electron chi connectivity index (χ3n) is 3.24. The topological polar surface area (TPSA) is 86.2 Å². The second kappa shape index (κ2) is 9.83. The lowest BCUT2D eigenvalue weighted by atomic mass is 10.1. The van der Waals surface area contributed by atoms with Crippen molar-refractivity contribution in [1.29, 1.82) is 0 Å². The average Bonchev–Trinajstić information content (AvgIpc) is 2.67. The van der Waals surface area contributed by atoms with Gasteiger partial charge in [0, 0.05) is 0 Å². The first-order valence-corrected chi connectivity index (χ1v) is 7.99. The Morgan fingerprint density at radius 3 is 2.31 bits per heavy atom. The minimum absolute atomic E-state index is 0.192. The fraction of sp³-hybridized carbons (Fsp3) is 0.211. The molecule has 0 spiro atoms. The molecule has 0 aromatic heterocycles. The maximum atomic E-state index is 11.8. The number of ether oxygens (including phenoxy) is 3. The van der Waals surface area contributed by atoms with Crippen LogP contribution in [0.2, 0.25) is 0 Å². The maximum Gasteiger partial charge on any atom is 0.337 e. The van der Waals surface area contributed by atoms with E-state index in [0.29, 0.717) is 23.7 Å². The van der Waals surface area contributed by atoms with Gasteiger partial charge in [-0.3, -0.25) is 4.79 Å². The van der Waals surface area contributed by atoms with Crippen molar-refractivity contribution in [2.24, 2.45) is 5.10 Å². The van der Waals surface area contributed by atoms with Gasteiger partial charge in [0.1, 0.15) is 0 Å². The van der Waals surface area contributed by atoms with Crippen LogP contribution >= 0.6 is 0 Å². The summed E-state index contributed by atoms with van der Waals surface area (Å²) in [6, 6.07) is 13.7. The van der Waals surface area contributed by atoms with Gasteiger partial charge in [-0.2, -0.15) is 5.10 Å². The van der Waals surface area contributed by atoms with Crippen molar-refractivity contribution >= 4 is 18.1 Å². The van der Waals surface area contributed by atoms with Crippen molar-refractivity contribution in [3.8, 4) is 11.5 Å². The van der Waals surface area contributed by atoms with Gasteiger partial charge >= 0.3 is 5.97 Å². The SMILES string of the molecule is CCOc1ccccc1OCC(=O)N/N=C\c1ccc(C(=O)OC)cc1. The van der Waals surface area contributed by atoms with Crippen LogP contribution in [0.5, 0.6) is 11.5 Å². The molecule has 2 aromatic carbocycles. The zero-order valence-electron chi connectivity index (χ0n) is 14.6. The molecule has 0 saturated carbocycles. The molecule has 136 valence electrons. The minimum atomic E-state index is -0.411. The number of methoxy groups -OCH3 is 1. The molecule has 7 heteroatoms. The standard InChI is InChI=1S/C19H20N2O5/c1-3-25-16-6-4-5-7-17(16)26-13-18(22)21-20-12-14-8-10-15(11-9-14)19(23)24-2/h4-12H,3,13H2,1-2H3,(H,21,22)/b20-12-. The smallest absolute Gasteiger partial charge is 0.337 e. The van der Waals surface area contributed by atoms with Crippen LogP contribution in [0, 0.1) is 0 Å². The van der Waals surface area contributed by atoms with Crippen molar-refractivity contribution in [1.82, 2.24) is 5.43 Å². The van der Waals surface area contributed by atoms with E-state index in [1.165, 1.54) is 13.3 Å². The Balaban J connectivity index is 1.83. The van der Waals surface area contributed by atoms with Crippen LogP contribution in [-0.2, 0) is 9.53 Å². The van der Waals surface area contributed by atoms with Crippen molar-refractivity contribution in [3.05, 3.63) is 59.7 Å². The van der Waals surface area contributed by atoms with E-state index in [2.05, 4.69) is 15.3 Å². The summed E-state index contributed by atoms with van der Waals surface area (Å²) in [6.07, 6.45) is 1.47. The molecule has 0 aliphatic rings. The van der Waals surface area contributed by atoms with E-state index >= 15 is 0 Å². The summed E-state index contributed by atoms with van der Waals surface area (Å²) in [7, 11) is 1.32. The highest BCUT2D eigenvalue weighted by Crippen LogP contribution is 2.26. The minimum Gasteiger partial charge on any atom is -0.490 e. The molecule has 2 rings (SSSR count). The Morgan fingerprint density at radius 1 is 1.04 bits per heavy atom. The number of esters is 1. The van der Waals surface area contributed by atoms with Gasteiger partial charge in [-0.15, -0.1) is 0 Å². The third kappa shape index (κ3) is 5.62. The fourth-order valence-electron chi connectivity index (χ4n) is 2.02. The summed E-state index contributed by atoms with van der Waals surface area (Å²) in [4.78, 5) is 23.2. The van der Waals surface area contributed by atoms with Crippen molar-refractivity contribution in [2.75, 3.05) is 20.3 Å². The van der Waals surface area contributed by atoms with Gasteiger partial charge in [-0.25, -0.2) is 10.2 Å². The molecule has 0 aliphatic carbocycles. The number of rotatable bonds is 8. The van der Waals surface area contributed by atoms with E-state index in [1.54, 1.807) is 42.5 Å². The largest absolute Gasteiger partial charge is 0.490 e. The Kier molecular flexibility index (Phi) is 7.17. The van der Waals surface area contributed by atoms with Gasteiger partial charge in [-0.05, 0) is 36.8 Å². The number of hydrogen-bond donors (Lipinski definition) is 1. The zero-order valence-corrected chi connectivity index (χ0v) is 14.6. The second-order valence-electron chi connectivity index (χ2n) is 5.08. The fourth-order valence-corrected chi connectivity index (χ4v) is 2.02. The Hall–Kier alpha value is -3.35. The highest BCUT2D eigenvalue weighted by Gasteiger charge is 2.07. The Bertz CT molecular complexity index is 772. The number of hydrazone groups is 1. The van der Waals surface area contributed by atoms with Crippen LogP contribution in [0.15, 0.2) is 53.6 Å². The monoisotopic (exact) mass is 356 g/mol. The van der Waals surface area contributed by atoms with Gasteiger partial charge < -0.3 is 14.2 Å². The molecule has 0 unspecified atom stereocenters. The third-order valence-corrected chi connectivity index (χ3v) is 3.24. The summed E-state index contributed by atoms with van der Waals surface area (Å²) in [5, 5.41) is 3.86. The van der Waals surface area contributed by atoms with E-state index < -0.39 is 11.9 Å². The molecule has 7 nitrogen and oxygen atoms in total. The van der Waals surface area contributed by atoms with Crippen molar-refractivity contribution in [3.63, 3.8) is 0 Å². The number of nitrogens with one attached hydrogen (secondary N) is 1. The van der Waals surface area contributed by atoms with E-state index in [0.717, 1.165) is 5.56 Å². The first-order chi connectivity index (χ1) is 12.6. The van der Waals surface area contributed by atoms with Crippen LogP contribution in [-0.4, -0.2) is 38.4 Å². The number of nitrogens with zero attached hydrogens (tertiary/aromatic N) is 1. The van der Waals surface area contributed by atoms with Crippen LogP contribution in [0.25, 0.3) is 0 Å². The highest BCUT2D eigenvalue weighted by atomic mass is 16.5. The Morgan fingerprint density at radius 2 is 1.69 bits per heavy atom. The number of hydrogen-bond acceptors (Lipinski definition) is 6. The predicted octanol–water partition coefficient (Wildman–Crippen LogP) is 2.40. The zero-order chi connectivity index (χ0) is 18.8. The van der Waals surface area contributed by atoms with Crippen LogP contribution in [0.1, 0.15) is 22.8 Å². The number of para-hydroxylation sites is 2. The molecule has 2 aromatic rings. The second-order valence-corrected chi connectivity index (χ2v) is 5.08. The summed E-state index contributed by atoms with van der Waals surface area (Å²) >= 11 is 0. The van der Waals surface area contributed by atoms with Crippen LogP contribution in [0.3, 0.4) is 0 Å². The maximum absolute atomic E-state index is 11.8. The molecule has 1 N–H and O–H groups in total. The van der Waals surface area contributed by atoms with E-state index in [9.17, 15) is 9.59 Å². The lowest BCUT2D eigenvalue weighted by Crippen LogP contribution is -2.24. The average molecular weight is 356 g/mol. The first kappa shape index (κ1) is 19.0. The summed E-state index contributed by atoms with van der Waals surface area (Å²) in [5.41, 5.74) is 3.54. The number of carbonyl (C=O) groups is 2. The lowest BCUT2D eigenvalue weighted by Gasteiger charge is -2.10. The van der Waals surface area contributed by atoms with Crippen LogP contribution in [0.4, 0.5) is 0 Å². The molecule has 0 heterocycles. The predicted molar refractivity (Wildman–Crippen MR) is 96.6 cm³/mol. The quantitative estimate of drug-likeness (QED) is 0.446. The van der Waals surface area contributed by atoms with Gasteiger partial charge in [0.05, 0.1) is 25.5 Å². The lowest BCUT2D eigenvalue weighted by molar-refractivity contribution is -0.123. The molecular weight excluding hydrogens is 336 g/mol. The van der Waals surface area contributed by atoms with Crippen molar-refractivity contribution < 1.29 is 23.8 Å². The van der Waals surface area contributed by atoms with Gasteiger partial charge in [-0.1, -0.05) is 24.3 Å². The van der Waals surface area contributed by atoms with E-state index in [1.807, 2.05) is 13.0 Å². The molecule has 0 atom stereocenters. The highest BCUT2D eigenvalue weighted by molar-refractivity contribution is 5.90. The summed E-state index contributed by atoms with van der Waals surface area (Å²) in [6.45, 7) is 2.18. The molecule has 0 radical (unpaired) electrons. The number of carbonyl (C=O) groups excluding carboxylic acids is 2. The molecule has 0 fully saturated rings. The molecule has 1 amide bonds. The van der Waals surface area contributed by atoms with Gasteiger partial charge in [0.15, 0.2) is 18.1 Å². The van der Waals surface area contributed by atoms with Gasteiger partial charge in [0.25, 0.3) is 5.91 Å². The molecule has 0 aliphatic heterocycles. The van der Waals surface area contributed by atoms with Crippen molar-refractivity contribution in [2.45, 2.75) is 6.92 Å². The normalized spacial score (nSPS) is 10.4. The van der Waals surface area contributed by atoms with Gasteiger partial charge in [0.2, 0.25) is 0 Å². The molecule has 0 saturated heterocycles. The molecule has 0 bridgehead atoms. The molecule has 26 heavy (non-hydrogen) atoms. The first-order valence-electron chi connectivity index (χ1n) is 7.99. The van der Waals surface area contributed by atoms with E-state index in [4.69, 9.17) is 9.47 Å². The number of amides is 1. The Labute approximate surface area is 151 Å². The summed E-state index contributed by atoms with van der Waals surface area (Å²) < 4.78 is 15.5. The summed E-state index contributed by atoms with van der Waals surface area (Å²) in [5.74, 6) is 0.258.